The van der Waals surface area contributed by atoms with Crippen LogP contribution >= 0.6 is 0 Å². The van der Waals surface area contributed by atoms with Crippen LogP contribution in [-0.2, 0) is 11.3 Å². The molecule has 0 unspecified atom stereocenters. The van der Waals surface area contributed by atoms with Gasteiger partial charge in [-0.2, -0.15) is 0 Å². The number of para-hydroxylation sites is 1. The Hall–Kier alpha value is -3.14. The minimum atomic E-state index is 0.0902. The molecule has 0 atom stereocenters. The summed E-state index contributed by atoms with van der Waals surface area (Å²) < 4.78 is 5.84. The summed E-state index contributed by atoms with van der Waals surface area (Å²) in [4.78, 5) is 18.9. The standard InChI is InChI=1S/C23H24N2O2/c1-18(2)16-23(26)25(17-19-8-6-7-15-24-19)20-11-13-22(14-12-20)27-21-9-4-3-5-10-21/h3-15,18H,16-17H2,1-2H3. The monoisotopic (exact) mass is 360 g/mol. The molecule has 0 radical (unpaired) electrons. The highest BCUT2D eigenvalue weighted by atomic mass is 16.5. The highest BCUT2D eigenvalue weighted by Gasteiger charge is 2.18. The van der Waals surface area contributed by atoms with Crippen molar-refractivity contribution in [2.24, 2.45) is 5.92 Å². The van der Waals surface area contributed by atoms with Gasteiger partial charge in [-0.3, -0.25) is 9.78 Å². The zero-order valence-electron chi connectivity index (χ0n) is 15.7. The van der Waals surface area contributed by atoms with Crippen LogP contribution in [0.15, 0.2) is 79.0 Å². The van der Waals surface area contributed by atoms with E-state index < -0.39 is 0 Å². The van der Waals surface area contributed by atoms with Gasteiger partial charge in [-0.05, 0) is 54.4 Å². The number of rotatable bonds is 7. The molecule has 0 N–H and O–H groups in total. The minimum Gasteiger partial charge on any atom is -0.457 e. The maximum atomic E-state index is 12.8. The van der Waals surface area contributed by atoms with E-state index in [0.717, 1.165) is 22.9 Å². The molecule has 4 heteroatoms. The molecule has 0 aliphatic carbocycles. The van der Waals surface area contributed by atoms with E-state index in [0.29, 0.717) is 18.9 Å². The van der Waals surface area contributed by atoms with E-state index in [1.54, 1.807) is 11.1 Å². The Morgan fingerprint density at radius 1 is 0.926 bits per heavy atom. The molecule has 0 aliphatic rings. The van der Waals surface area contributed by atoms with Crippen molar-refractivity contribution in [1.29, 1.82) is 0 Å². The Labute approximate surface area is 160 Å². The third-order valence-electron chi connectivity index (χ3n) is 4.06. The number of ether oxygens (including phenoxy) is 1. The number of anilines is 1. The van der Waals surface area contributed by atoms with Gasteiger partial charge in [0, 0.05) is 18.3 Å². The first-order valence-corrected chi connectivity index (χ1v) is 9.15. The molecular weight excluding hydrogens is 336 g/mol. The number of carbonyl (C=O) groups excluding carboxylic acids is 1. The number of carbonyl (C=O) groups is 1. The third-order valence-corrected chi connectivity index (χ3v) is 4.06. The van der Waals surface area contributed by atoms with Crippen LogP contribution in [0.4, 0.5) is 5.69 Å². The Bertz CT molecular complexity index is 847. The summed E-state index contributed by atoms with van der Waals surface area (Å²) in [6, 6.07) is 23.0. The lowest BCUT2D eigenvalue weighted by Crippen LogP contribution is -2.31. The Balaban J connectivity index is 1.79. The van der Waals surface area contributed by atoms with Crippen LogP contribution in [0.5, 0.6) is 11.5 Å². The second-order valence-electron chi connectivity index (χ2n) is 6.81. The van der Waals surface area contributed by atoms with E-state index in [9.17, 15) is 4.79 Å². The topological polar surface area (TPSA) is 42.4 Å². The molecule has 1 amide bonds. The van der Waals surface area contributed by atoms with Crippen LogP contribution in [0.25, 0.3) is 0 Å². The van der Waals surface area contributed by atoms with Crippen molar-refractivity contribution < 1.29 is 9.53 Å². The molecular formula is C23H24N2O2. The fourth-order valence-electron chi connectivity index (χ4n) is 2.76. The number of hydrogen-bond acceptors (Lipinski definition) is 3. The molecule has 138 valence electrons. The molecule has 0 aliphatic heterocycles. The molecule has 1 heterocycles. The zero-order chi connectivity index (χ0) is 19.1. The van der Waals surface area contributed by atoms with E-state index in [2.05, 4.69) is 4.98 Å². The SMILES string of the molecule is CC(C)CC(=O)N(Cc1ccccn1)c1ccc(Oc2ccccc2)cc1. The second-order valence-corrected chi connectivity index (χ2v) is 6.81. The second kappa shape index (κ2) is 8.99. The molecule has 1 aromatic heterocycles. The molecule has 27 heavy (non-hydrogen) atoms. The molecule has 0 fully saturated rings. The average Bonchev–Trinajstić information content (AvgIpc) is 2.68. The van der Waals surface area contributed by atoms with E-state index >= 15 is 0 Å². The molecule has 0 saturated carbocycles. The van der Waals surface area contributed by atoms with Gasteiger partial charge in [-0.25, -0.2) is 0 Å². The minimum absolute atomic E-state index is 0.0902. The summed E-state index contributed by atoms with van der Waals surface area (Å²) in [6.45, 7) is 4.55. The number of amides is 1. The molecule has 3 aromatic rings. The Kier molecular flexibility index (Phi) is 6.21. The van der Waals surface area contributed by atoms with E-state index in [1.807, 2.05) is 86.6 Å². The summed E-state index contributed by atoms with van der Waals surface area (Å²) in [5.41, 5.74) is 1.70. The zero-order valence-corrected chi connectivity index (χ0v) is 15.7. The van der Waals surface area contributed by atoms with E-state index in [1.165, 1.54) is 0 Å². The van der Waals surface area contributed by atoms with E-state index in [4.69, 9.17) is 4.74 Å². The molecule has 0 spiro atoms. The van der Waals surface area contributed by atoms with Crippen LogP contribution < -0.4 is 9.64 Å². The molecule has 3 rings (SSSR count). The van der Waals surface area contributed by atoms with Gasteiger partial charge in [-0.15, -0.1) is 0 Å². The maximum absolute atomic E-state index is 12.8. The van der Waals surface area contributed by atoms with Gasteiger partial charge in [0.05, 0.1) is 12.2 Å². The largest absolute Gasteiger partial charge is 0.457 e. The molecule has 4 nitrogen and oxygen atoms in total. The number of aromatic nitrogens is 1. The van der Waals surface area contributed by atoms with Crippen LogP contribution in [-0.4, -0.2) is 10.9 Å². The first-order chi connectivity index (χ1) is 13.1. The van der Waals surface area contributed by atoms with Gasteiger partial charge in [0.1, 0.15) is 11.5 Å². The molecule has 0 bridgehead atoms. The van der Waals surface area contributed by atoms with Gasteiger partial charge in [-0.1, -0.05) is 38.1 Å². The lowest BCUT2D eigenvalue weighted by molar-refractivity contribution is -0.119. The number of nitrogens with zero attached hydrogens (tertiary/aromatic N) is 2. The van der Waals surface area contributed by atoms with Crippen molar-refractivity contribution in [3.05, 3.63) is 84.7 Å². The van der Waals surface area contributed by atoms with Crippen molar-refractivity contribution in [3.8, 4) is 11.5 Å². The van der Waals surface area contributed by atoms with Gasteiger partial charge in [0.25, 0.3) is 0 Å². The van der Waals surface area contributed by atoms with Gasteiger partial charge in [0.15, 0.2) is 0 Å². The van der Waals surface area contributed by atoms with Crippen molar-refractivity contribution in [1.82, 2.24) is 4.98 Å². The summed E-state index contributed by atoms with van der Waals surface area (Å²) in [5, 5.41) is 0. The van der Waals surface area contributed by atoms with Crippen molar-refractivity contribution in [2.75, 3.05) is 4.90 Å². The quantitative estimate of drug-likeness (QED) is 0.562. The normalized spacial score (nSPS) is 10.6. The Morgan fingerprint density at radius 2 is 1.59 bits per heavy atom. The summed E-state index contributed by atoms with van der Waals surface area (Å²) in [6.07, 6.45) is 2.24. The summed E-state index contributed by atoms with van der Waals surface area (Å²) in [7, 11) is 0. The molecule has 2 aromatic carbocycles. The first kappa shape index (κ1) is 18.6. The van der Waals surface area contributed by atoms with Crippen molar-refractivity contribution in [3.63, 3.8) is 0 Å². The number of benzene rings is 2. The summed E-state index contributed by atoms with van der Waals surface area (Å²) in [5.74, 6) is 1.90. The first-order valence-electron chi connectivity index (χ1n) is 9.15. The van der Waals surface area contributed by atoms with Crippen molar-refractivity contribution in [2.45, 2.75) is 26.8 Å². The van der Waals surface area contributed by atoms with Gasteiger partial charge >= 0.3 is 0 Å². The number of pyridine rings is 1. The fraction of sp³-hybridized carbons (Fsp3) is 0.217. The van der Waals surface area contributed by atoms with Crippen LogP contribution in [0, 0.1) is 5.92 Å². The summed E-state index contributed by atoms with van der Waals surface area (Å²) >= 11 is 0. The van der Waals surface area contributed by atoms with Crippen LogP contribution in [0.3, 0.4) is 0 Å². The smallest absolute Gasteiger partial charge is 0.227 e. The van der Waals surface area contributed by atoms with Gasteiger partial charge in [0.2, 0.25) is 5.91 Å². The predicted molar refractivity (Wildman–Crippen MR) is 108 cm³/mol. The van der Waals surface area contributed by atoms with Crippen molar-refractivity contribution >= 4 is 11.6 Å². The van der Waals surface area contributed by atoms with Crippen LogP contribution in [0.2, 0.25) is 0 Å². The lowest BCUT2D eigenvalue weighted by Gasteiger charge is -2.24. The number of hydrogen-bond donors (Lipinski definition) is 0. The average molecular weight is 360 g/mol. The third kappa shape index (κ3) is 5.42. The van der Waals surface area contributed by atoms with Crippen LogP contribution in [0.1, 0.15) is 26.0 Å². The van der Waals surface area contributed by atoms with E-state index in [-0.39, 0.29) is 5.91 Å². The highest BCUT2D eigenvalue weighted by molar-refractivity contribution is 5.93. The highest BCUT2D eigenvalue weighted by Crippen LogP contribution is 2.26. The molecule has 0 saturated heterocycles. The Morgan fingerprint density at radius 3 is 2.22 bits per heavy atom. The van der Waals surface area contributed by atoms with Gasteiger partial charge < -0.3 is 9.64 Å². The lowest BCUT2D eigenvalue weighted by atomic mass is 10.1. The fourth-order valence-corrected chi connectivity index (χ4v) is 2.76. The maximum Gasteiger partial charge on any atom is 0.227 e. The predicted octanol–water partition coefficient (Wildman–Crippen LogP) is 5.45.